The number of aromatic amines is 1. The number of aromatic nitrogens is 1. The van der Waals surface area contributed by atoms with E-state index >= 15 is 0 Å². The molecule has 0 amide bonds. The summed E-state index contributed by atoms with van der Waals surface area (Å²) in [5.41, 5.74) is 7.19. The van der Waals surface area contributed by atoms with Gasteiger partial charge in [0, 0.05) is 0 Å². The molecule has 1 N–H and O–H groups in total. The van der Waals surface area contributed by atoms with E-state index < -0.39 is 0 Å². The molecule has 1 nitrogen and oxygen atoms in total. The molecule has 0 fully saturated rings. The zero-order valence-electron chi connectivity index (χ0n) is 11.7. The molecule has 1 heterocycles. The van der Waals surface area contributed by atoms with Gasteiger partial charge in [-0.05, 0) is 0 Å². The molecular weight excluding hydrogens is 499 g/mol. The Balaban J connectivity index is 0.000000882. The second kappa shape index (κ2) is 7.45. The van der Waals surface area contributed by atoms with Crippen molar-refractivity contribution in [1.82, 2.24) is 4.98 Å². The van der Waals surface area contributed by atoms with Crippen molar-refractivity contribution >= 4 is 19.8 Å². The van der Waals surface area contributed by atoms with Gasteiger partial charge in [-0.15, -0.1) is 0 Å². The van der Waals surface area contributed by atoms with Crippen molar-refractivity contribution in [3.05, 3.63) is 73.9 Å². The number of hydrogen-bond acceptors (Lipinski definition) is 0. The summed E-state index contributed by atoms with van der Waals surface area (Å²) in [4.78, 5) is 3.42. The van der Waals surface area contributed by atoms with Gasteiger partial charge in [0.25, 0.3) is 0 Å². The molecule has 0 bridgehead atoms. The molecule has 0 saturated heterocycles. The molecule has 22 heavy (non-hydrogen) atoms. The zero-order chi connectivity index (χ0) is 13.5. The van der Waals surface area contributed by atoms with Crippen molar-refractivity contribution < 1.29 is 49.2 Å². The van der Waals surface area contributed by atoms with E-state index in [9.17, 15) is 0 Å². The topological polar surface area (TPSA) is 15.8 Å². The fourth-order valence-corrected chi connectivity index (χ4v) is 5.11. The minimum absolute atomic E-state index is 0. The van der Waals surface area contributed by atoms with E-state index in [4.69, 9.17) is 0 Å². The Bertz CT molecular complexity index is 763. The zero-order valence-corrected chi connectivity index (χ0v) is 17.7. The number of H-pyrrole nitrogens is 1. The van der Waals surface area contributed by atoms with Gasteiger partial charge in [0.1, 0.15) is 0 Å². The van der Waals surface area contributed by atoms with Crippen molar-refractivity contribution in [2.75, 3.05) is 0 Å². The summed E-state index contributed by atoms with van der Waals surface area (Å²) in [6.45, 7) is 0. The molecule has 0 saturated carbocycles. The number of hydrogen-bond donors (Lipinski definition) is 1. The fraction of sp³-hybridized carbons (Fsp3) is 0.118. The summed E-state index contributed by atoms with van der Waals surface area (Å²) in [5, 5.41) is 0. The molecule has 4 rings (SSSR count). The van der Waals surface area contributed by atoms with Crippen molar-refractivity contribution in [2.24, 2.45) is 0 Å². The van der Waals surface area contributed by atoms with E-state index in [0.29, 0.717) is 5.92 Å². The molecule has 109 valence electrons. The van der Waals surface area contributed by atoms with Gasteiger partial charge in [-0.25, -0.2) is 0 Å². The minimum atomic E-state index is 0. The van der Waals surface area contributed by atoms with Crippen LogP contribution in [0.1, 0.15) is 28.9 Å². The maximum absolute atomic E-state index is 3.42. The normalized spacial score (nSPS) is 19.0. The molecule has 2 aromatic rings. The first-order chi connectivity index (χ1) is 9.84. The molecule has 0 spiro atoms. The van der Waals surface area contributed by atoms with Crippen molar-refractivity contribution in [3.8, 4) is 0 Å². The van der Waals surface area contributed by atoms with Crippen LogP contribution in [0.4, 0.5) is 0 Å². The first kappa shape index (κ1) is 17.9. The van der Waals surface area contributed by atoms with Gasteiger partial charge in [-0.1, -0.05) is 0 Å². The molecule has 0 radical (unpaired) electrons. The average molecular weight is 512 g/mol. The van der Waals surface area contributed by atoms with Crippen LogP contribution in [0.25, 0.3) is 11.6 Å². The SMILES string of the molecule is [Cl-].[Cl-].[Hf+2][C]1=C(C2C(c3[nH]ccp3)=Cc3ccccc32)C=CC1. The van der Waals surface area contributed by atoms with Crippen molar-refractivity contribution in [3.63, 3.8) is 0 Å². The number of nitrogens with one attached hydrogen (secondary N) is 1. The summed E-state index contributed by atoms with van der Waals surface area (Å²) in [6, 6.07) is 8.83. The monoisotopic (exact) mass is 512 g/mol. The van der Waals surface area contributed by atoms with E-state index in [0.717, 1.165) is 30.8 Å². The second-order valence-corrected chi connectivity index (χ2v) is 8.31. The van der Waals surface area contributed by atoms with Gasteiger partial charge < -0.3 is 24.8 Å². The first-order valence-corrected chi connectivity index (χ1v) is 9.52. The van der Waals surface area contributed by atoms with Crippen LogP contribution in [0.5, 0.6) is 0 Å². The van der Waals surface area contributed by atoms with E-state index in [-0.39, 0.29) is 24.8 Å². The van der Waals surface area contributed by atoms with Crippen molar-refractivity contribution in [2.45, 2.75) is 12.3 Å². The number of rotatable bonds is 2. The van der Waals surface area contributed by atoms with Gasteiger partial charge >= 0.3 is 135 Å². The Morgan fingerprint density at radius 2 is 2.00 bits per heavy atom. The Morgan fingerprint density at radius 1 is 1.18 bits per heavy atom. The third kappa shape index (κ3) is 2.99. The molecule has 1 aromatic heterocycles. The van der Waals surface area contributed by atoms with Crippen LogP contribution in [-0.4, -0.2) is 4.98 Å². The molecule has 2 aliphatic rings. The van der Waals surface area contributed by atoms with Crippen LogP contribution < -0.4 is 24.8 Å². The third-order valence-corrected chi connectivity index (χ3v) is 6.69. The van der Waals surface area contributed by atoms with E-state index in [1.54, 1.807) is 8.90 Å². The molecule has 0 aliphatic heterocycles. The molecule has 2 aliphatic carbocycles. The number of halogens is 2. The quantitative estimate of drug-likeness (QED) is 0.499. The van der Waals surface area contributed by atoms with E-state index in [1.165, 1.54) is 30.3 Å². The summed E-state index contributed by atoms with van der Waals surface area (Å²) >= 11 is 1.16. The number of benzene rings is 1. The predicted octanol–water partition coefficient (Wildman–Crippen LogP) is -0.999. The second-order valence-electron chi connectivity index (χ2n) is 5.14. The van der Waals surface area contributed by atoms with Gasteiger partial charge in [0.2, 0.25) is 0 Å². The Labute approximate surface area is 159 Å². The van der Waals surface area contributed by atoms with Gasteiger partial charge in [-0.2, -0.15) is 0 Å². The molecule has 1 aromatic carbocycles. The van der Waals surface area contributed by atoms with E-state index in [1.807, 2.05) is 0 Å². The Hall–Kier alpha value is -0.400. The van der Waals surface area contributed by atoms with Crippen LogP contribution in [0.3, 0.4) is 0 Å². The molecule has 5 heteroatoms. The van der Waals surface area contributed by atoms with E-state index in [2.05, 4.69) is 59.5 Å². The first-order valence-electron chi connectivity index (χ1n) is 6.76. The van der Waals surface area contributed by atoms with Crippen LogP contribution in [0.2, 0.25) is 0 Å². The standard InChI is InChI=1S/C17H13NP.2ClH.Hf/c1-2-6-12(5-1)16-14-8-4-3-7-13(14)11-15(16)17-18-9-10-19-17;;;/h1,3-5,7-11,16,18H,2H2;2*1H;/q;;;+2/p-2. The van der Waals surface area contributed by atoms with Gasteiger partial charge in [0.15, 0.2) is 0 Å². The molecular formula is C17H13Cl2HfNP. The Morgan fingerprint density at radius 3 is 2.68 bits per heavy atom. The van der Waals surface area contributed by atoms with Crippen LogP contribution in [0.15, 0.2) is 57.3 Å². The third-order valence-electron chi connectivity index (χ3n) is 3.98. The number of fused-ring (bicyclic) bond motifs is 1. The maximum atomic E-state index is 3.42. The van der Waals surface area contributed by atoms with Crippen LogP contribution >= 0.6 is 8.19 Å². The van der Waals surface area contributed by atoms with Crippen LogP contribution in [-0.2, 0) is 24.4 Å². The molecule has 1 unspecified atom stereocenters. The summed E-state index contributed by atoms with van der Waals surface area (Å²) in [7, 11) is 1.29. The van der Waals surface area contributed by atoms with Crippen molar-refractivity contribution in [1.29, 1.82) is 0 Å². The van der Waals surface area contributed by atoms with Gasteiger partial charge in [0.05, 0.1) is 0 Å². The summed E-state index contributed by atoms with van der Waals surface area (Å²) in [6.07, 6.45) is 10.3. The molecule has 1 atom stereocenters. The summed E-state index contributed by atoms with van der Waals surface area (Å²) in [5.74, 6) is 2.61. The number of allylic oxidation sites excluding steroid dienone is 5. The van der Waals surface area contributed by atoms with Crippen LogP contribution in [0, 0.1) is 0 Å². The summed E-state index contributed by atoms with van der Waals surface area (Å²) < 4.78 is 1.64. The Kier molecular flexibility index (Phi) is 6.07. The average Bonchev–Trinajstić information content (AvgIpc) is 3.15. The van der Waals surface area contributed by atoms with Gasteiger partial charge in [-0.3, -0.25) is 0 Å². The fourth-order valence-electron chi connectivity index (χ4n) is 3.08. The predicted molar refractivity (Wildman–Crippen MR) is 81.1 cm³/mol.